The summed E-state index contributed by atoms with van der Waals surface area (Å²) in [7, 11) is 0. The van der Waals surface area contributed by atoms with Gasteiger partial charge in [-0.2, -0.15) is 0 Å². The number of esters is 1. The molecule has 6 heteroatoms. The summed E-state index contributed by atoms with van der Waals surface area (Å²) < 4.78 is 7.71. The molecule has 2 aromatic carbocycles. The molecule has 0 radical (unpaired) electrons. The minimum absolute atomic E-state index is 0.175. The molecule has 28 heavy (non-hydrogen) atoms. The highest BCUT2D eigenvalue weighted by Crippen LogP contribution is 2.41. The molecular weight excluding hydrogens is 486 g/mol. The van der Waals surface area contributed by atoms with Crippen molar-refractivity contribution in [1.29, 1.82) is 0 Å². The van der Waals surface area contributed by atoms with Gasteiger partial charge in [-0.25, -0.2) is 4.79 Å². The lowest BCUT2D eigenvalue weighted by Gasteiger charge is -2.52. The first kappa shape index (κ1) is 21.3. The Kier molecular flexibility index (Phi) is 6.23. The molecular formula is C22H25Br2NO3. The van der Waals surface area contributed by atoms with Crippen LogP contribution in [0.15, 0.2) is 57.5 Å². The molecule has 0 saturated carbocycles. The van der Waals surface area contributed by atoms with Gasteiger partial charge in [-0.15, -0.1) is 5.06 Å². The summed E-state index contributed by atoms with van der Waals surface area (Å²) in [6.45, 7) is 8.46. The molecule has 0 aromatic heterocycles. The Bertz CT molecular complexity index is 834. The van der Waals surface area contributed by atoms with Gasteiger partial charge in [0.05, 0.1) is 21.1 Å². The average molecular weight is 511 g/mol. The molecule has 1 aliphatic heterocycles. The zero-order chi connectivity index (χ0) is 20.5. The van der Waals surface area contributed by atoms with Crippen LogP contribution in [0.1, 0.15) is 50.9 Å². The smallest absolute Gasteiger partial charge is 0.338 e. The Morgan fingerprint density at radius 1 is 1.00 bits per heavy atom. The Morgan fingerprint density at radius 3 is 2.18 bits per heavy atom. The number of carbonyl (C=O) groups excluding carboxylic acids is 1. The van der Waals surface area contributed by atoms with Gasteiger partial charge < -0.3 is 9.57 Å². The van der Waals surface area contributed by atoms with Gasteiger partial charge in [0.2, 0.25) is 0 Å². The fourth-order valence-corrected chi connectivity index (χ4v) is 5.06. The monoisotopic (exact) mass is 509 g/mol. The highest BCUT2D eigenvalue weighted by molar-refractivity contribution is 9.11. The van der Waals surface area contributed by atoms with Crippen LogP contribution in [-0.2, 0) is 4.74 Å². The van der Waals surface area contributed by atoms with Gasteiger partial charge in [-0.05, 0) is 74.0 Å². The molecule has 0 bridgehead atoms. The van der Waals surface area contributed by atoms with E-state index in [0.717, 1.165) is 14.7 Å². The number of hydrogen-bond donors (Lipinski definition) is 0. The Labute approximate surface area is 183 Å². The maximum absolute atomic E-state index is 12.5. The third kappa shape index (κ3) is 4.78. The zero-order valence-corrected chi connectivity index (χ0v) is 19.7. The number of piperidine rings is 1. The SMILES string of the molecule is CC1(C)CC(OC(=O)c2ccccc2)CC(C)(C)N1Oc1ccc(Br)cc1Br. The number of ether oxygens (including phenoxy) is 1. The summed E-state index contributed by atoms with van der Waals surface area (Å²) in [5.41, 5.74) is -0.0678. The number of hydroxylamine groups is 2. The van der Waals surface area contributed by atoms with Crippen LogP contribution in [-0.4, -0.2) is 28.2 Å². The Balaban J connectivity index is 1.76. The minimum Gasteiger partial charge on any atom is -0.459 e. The number of halogens is 2. The summed E-state index contributed by atoms with van der Waals surface area (Å²) >= 11 is 7.04. The van der Waals surface area contributed by atoms with Crippen molar-refractivity contribution in [1.82, 2.24) is 5.06 Å². The largest absolute Gasteiger partial charge is 0.459 e. The topological polar surface area (TPSA) is 38.8 Å². The van der Waals surface area contributed by atoms with E-state index >= 15 is 0 Å². The molecule has 1 fully saturated rings. The molecule has 0 unspecified atom stereocenters. The lowest BCUT2D eigenvalue weighted by atomic mass is 9.80. The second kappa shape index (κ2) is 8.17. The average Bonchev–Trinajstić information content (AvgIpc) is 2.59. The van der Waals surface area contributed by atoms with Crippen LogP contribution in [0.25, 0.3) is 0 Å². The fourth-order valence-electron chi connectivity index (χ4n) is 3.94. The molecule has 0 aliphatic carbocycles. The number of nitrogens with zero attached hydrogens (tertiary/aromatic N) is 1. The molecule has 0 N–H and O–H groups in total. The zero-order valence-electron chi connectivity index (χ0n) is 16.5. The molecule has 4 nitrogen and oxygen atoms in total. The maximum atomic E-state index is 12.5. The van der Waals surface area contributed by atoms with Gasteiger partial charge in [0.25, 0.3) is 0 Å². The third-order valence-corrected chi connectivity index (χ3v) is 6.03. The summed E-state index contributed by atoms with van der Waals surface area (Å²) in [6, 6.07) is 15.0. The van der Waals surface area contributed by atoms with Crippen molar-refractivity contribution in [2.75, 3.05) is 0 Å². The highest BCUT2D eigenvalue weighted by atomic mass is 79.9. The molecule has 1 aliphatic rings. The van der Waals surface area contributed by atoms with Crippen LogP contribution in [0.3, 0.4) is 0 Å². The summed E-state index contributed by atoms with van der Waals surface area (Å²) in [6.07, 6.45) is 1.19. The van der Waals surface area contributed by atoms with Crippen molar-refractivity contribution in [3.05, 3.63) is 63.0 Å². The van der Waals surface area contributed by atoms with E-state index in [2.05, 4.69) is 59.6 Å². The van der Waals surface area contributed by atoms with Crippen LogP contribution < -0.4 is 4.84 Å². The molecule has 0 spiro atoms. The van der Waals surface area contributed by atoms with Gasteiger partial charge in [0.1, 0.15) is 6.10 Å². The molecule has 0 amide bonds. The van der Waals surface area contributed by atoms with E-state index in [1.807, 2.05) is 41.5 Å². The summed E-state index contributed by atoms with van der Waals surface area (Å²) in [4.78, 5) is 18.8. The van der Waals surface area contributed by atoms with Crippen molar-refractivity contribution in [2.24, 2.45) is 0 Å². The van der Waals surface area contributed by atoms with Crippen molar-refractivity contribution < 1.29 is 14.4 Å². The van der Waals surface area contributed by atoms with E-state index < -0.39 is 0 Å². The van der Waals surface area contributed by atoms with Gasteiger partial charge >= 0.3 is 5.97 Å². The minimum atomic E-state index is -0.324. The second-order valence-electron chi connectivity index (χ2n) is 8.39. The van der Waals surface area contributed by atoms with Gasteiger partial charge in [-0.3, -0.25) is 0 Å². The van der Waals surface area contributed by atoms with E-state index in [1.54, 1.807) is 12.1 Å². The van der Waals surface area contributed by atoms with Crippen LogP contribution in [0.2, 0.25) is 0 Å². The number of benzene rings is 2. The summed E-state index contributed by atoms with van der Waals surface area (Å²) in [5, 5.41) is 2.03. The van der Waals surface area contributed by atoms with Crippen molar-refractivity contribution in [2.45, 2.75) is 57.7 Å². The number of hydrogen-bond acceptors (Lipinski definition) is 4. The molecule has 3 rings (SSSR count). The molecule has 1 saturated heterocycles. The standard InChI is InChI=1S/C22H25Br2NO3/c1-21(2)13-17(27-20(26)15-8-6-5-7-9-15)14-22(3,4)25(21)28-19-11-10-16(23)12-18(19)24/h5-12,17H,13-14H2,1-4H3. The van der Waals surface area contributed by atoms with Crippen molar-refractivity contribution in [3.63, 3.8) is 0 Å². The van der Waals surface area contributed by atoms with Crippen LogP contribution in [0, 0.1) is 0 Å². The lowest BCUT2D eigenvalue weighted by Crippen LogP contribution is -2.63. The number of carbonyl (C=O) groups is 1. The van der Waals surface area contributed by atoms with Crippen LogP contribution >= 0.6 is 31.9 Å². The lowest BCUT2D eigenvalue weighted by molar-refractivity contribution is -0.234. The molecule has 150 valence electrons. The maximum Gasteiger partial charge on any atom is 0.338 e. The van der Waals surface area contributed by atoms with E-state index in [-0.39, 0.29) is 23.2 Å². The molecule has 1 heterocycles. The molecule has 0 atom stereocenters. The third-order valence-electron chi connectivity index (χ3n) is 4.92. The second-order valence-corrected chi connectivity index (χ2v) is 10.2. The quantitative estimate of drug-likeness (QED) is 0.447. The Morgan fingerprint density at radius 2 is 1.61 bits per heavy atom. The number of rotatable bonds is 4. The first-order valence-corrected chi connectivity index (χ1v) is 10.9. The molecule has 2 aromatic rings. The Hall–Kier alpha value is -1.37. The van der Waals surface area contributed by atoms with Crippen LogP contribution in [0.5, 0.6) is 5.75 Å². The fraction of sp³-hybridized carbons (Fsp3) is 0.409. The predicted molar refractivity (Wildman–Crippen MR) is 117 cm³/mol. The van der Waals surface area contributed by atoms with E-state index in [9.17, 15) is 4.79 Å². The van der Waals surface area contributed by atoms with Gasteiger partial charge in [-0.1, -0.05) is 34.1 Å². The van der Waals surface area contributed by atoms with E-state index in [0.29, 0.717) is 18.4 Å². The van der Waals surface area contributed by atoms with Crippen LogP contribution in [0.4, 0.5) is 0 Å². The first-order chi connectivity index (χ1) is 13.1. The van der Waals surface area contributed by atoms with E-state index in [1.165, 1.54) is 0 Å². The van der Waals surface area contributed by atoms with Gasteiger partial charge in [0.15, 0.2) is 5.75 Å². The predicted octanol–water partition coefficient (Wildman–Crippen LogP) is 6.38. The van der Waals surface area contributed by atoms with E-state index in [4.69, 9.17) is 9.57 Å². The van der Waals surface area contributed by atoms with Gasteiger partial charge in [0, 0.05) is 17.3 Å². The van der Waals surface area contributed by atoms with Crippen molar-refractivity contribution in [3.8, 4) is 5.75 Å². The summed E-state index contributed by atoms with van der Waals surface area (Å²) in [5.74, 6) is 0.478. The highest BCUT2D eigenvalue weighted by Gasteiger charge is 2.49. The normalized spacial score (nSPS) is 19.2. The van der Waals surface area contributed by atoms with Crippen molar-refractivity contribution >= 4 is 37.8 Å². The first-order valence-electron chi connectivity index (χ1n) is 9.28.